The number of nitrogens with one attached hydrogen (secondary N) is 1. The van der Waals surface area contributed by atoms with Crippen molar-refractivity contribution in [2.45, 2.75) is 57.5 Å². The lowest BCUT2D eigenvalue weighted by molar-refractivity contribution is 0.158. The van der Waals surface area contributed by atoms with Crippen molar-refractivity contribution < 1.29 is 0 Å². The zero-order chi connectivity index (χ0) is 11.9. The largest absolute Gasteiger partial charge is 0.314 e. The lowest BCUT2D eigenvalue weighted by Gasteiger charge is -2.33. The number of piperidine rings is 1. The third-order valence-corrected chi connectivity index (χ3v) is 5.27. The van der Waals surface area contributed by atoms with E-state index in [2.05, 4.69) is 28.9 Å². The molecule has 2 aliphatic rings. The average molecular weight is 256 g/mol. The third kappa shape index (κ3) is 4.80. The summed E-state index contributed by atoms with van der Waals surface area (Å²) in [5.74, 6) is 2.72. The van der Waals surface area contributed by atoms with Crippen LogP contribution in [0.4, 0.5) is 0 Å². The van der Waals surface area contributed by atoms with Crippen LogP contribution in [0.25, 0.3) is 0 Å². The fourth-order valence-electron chi connectivity index (χ4n) is 2.98. The molecule has 0 aromatic rings. The first-order valence-corrected chi connectivity index (χ1v) is 8.57. The van der Waals surface area contributed by atoms with Gasteiger partial charge in [-0.1, -0.05) is 6.42 Å². The molecule has 2 aliphatic heterocycles. The second-order valence-electron chi connectivity index (χ2n) is 5.58. The van der Waals surface area contributed by atoms with E-state index in [1.165, 1.54) is 69.7 Å². The molecule has 0 bridgehead atoms. The summed E-state index contributed by atoms with van der Waals surface area (Å²) in [6, 6.07) is 1.64. The number of hydrogen-bond donors (Lipinski definition) is 1. The molecule has 2 nitrogen and oxygen atoms in total. The minimum absolute atomic E-state index is 0.815. The maximum atomic E-state index is 3.74. The SMILES string of the molecule is CC1CCCCN1CCCNC1CCSCC1. The van der Waals surface area contributed by atoms with Gasteiger partial charge in [0, 0.05) is 12.1 Å². The number of nitrogens with zero attached hydrogens (tertiary/aromatic N) is 1. The van der Waals surface area contributed by atoms with Gasteiger partial charge in [-0.15, -0.1) is 0 Å². The van der Waals surface area contributed by atoms with Crippen LogP contribution in [-0.4, -0.2) is 48.1 Å². The van der Waals surface area contributed by atoms with E-state index >= 15 is 0 Å². The van der Waals surface area contributed by atoms with Crippen molar-refractivity contribution in [1.82, 2.24) is 10.2 Å². The summed E-state index contributed by atoms with van der Waals surface area (Å²) in [6.07, 6.45) is 8.35. The van der Waals surface area contributed by atoms with Crippen molar-refractivity contribution in [3.05, 3.63) is 0 Å². The first-order chi connectivity index (χ1) is 8.36. The Morgan fingerprint density at radius 2 is 2.00 bits per heavy atom. The minimum atomic E-state index is 0.815. The fraction of sp³-hybridized carbons (Fsp3) is 1.00. The van der Waals surface area contributed by atoms with Gasteiger partial charge in [0.05, 0.1) is 0 Å². The molecule has 0 aliphatic carbocycles. The van der Waals surface area contributed by atoms with Crippen LogP contribution in [0.5, 0.6) is 0 Å². The molecule has 100 valence electrons. The van der Waals surface area contributed by atoms with Crippen molar-refractivity contribution in [3.8, 4) is 0 Å². The summed E-state index contributed by atoms with van der Waals surface area (Å²) in [5, 5.41) is 3.74. The molecule has 1 unspecified atom stereocenters. The molecule has 17 heavy (non-hydrogen) atoms. The van der Waals surface area contributed by atoms with Crippen LogP contribution < -0.4 is 5.32 Å². The fourth-order valence-corrected chi connectivity index (χ4v) is 4.09. The van der Waals surface area contributed by atoms with Crippen LogP contribution in [0.1, 0.15) is 45.4 Å². The summed E-state index contributed by atoms with van der Waals surface area (Å²) in [5.41, 5.74) is 0. The monoisotopic (exact) mass is 256 g/mol. The second-order valence-corrected chi connectivity index (χ2v) is 6.80. The standard InChI is InChI=1S/C14H28N2S/c1-13-5-2-3-9-16(13)10-4-8-15-14-6-11-17-12-7-14/h13-15H,2-12H2,1H3. The molecule has 1 atom stereocenters. The molecule has 2 rings (SSSR count). The lowest BCUT2D eigenvalue weighted by atomic mass is 10.0. The molecule has 0 spiro atoms. The molecule has 0 radical (unpaired) electrons. The van der Waals surface area contributed by atoms with E-state index in [0.29, 0.717) is 0 Å². The van der Waals surface area contributed by atoms with Crippen molar-refractivity contribution in [2.24, 2.45) is 0 Å². The smallest absolute Gasteiger partial charge is 0.00827 e. The Kier molecular flexibility index (Phi) is 6.16. The van der Waals surface area contributed by atoms with Crippen molar-refractivity contribution in [3.63, 3.8) is 0 Å². The summed E-state index contributed by atoms with van der Waals surface area (Å²) < 4.78 is 0. The van der Waals surface area contributed by atoms with Gasteiger partial charge in [-0.2, -0.15) is 11.8 Å². The first kappa shape index (κ1) is 13.7. The van der Waals surface area contributed by atoms with Gasteiger partial charge >= 0.3 is 0 Å². The molecular formula is C14H28N2S. The van der Waals surface area contributed by atoms with Gasteiger partial charge in [0.2, 0.25) is 0 Å². The molecule has 2 fully saturated rings. The highest BCUT2D eigenvalue weighted by molar-refractivity contribution is 7.99. The summed E-state index contributed by atoms with van der Waals surface area (Å²) in [6.45, 7) is 6.25. The van der Waals surface area contributed by atoms with Gasteiger partial charge in [-0.3, -0.25) is 0 Å². The average Bonchev–Trinajstić information content (AvgIpc) is 2.38. The van der Waals surface area contributed by atoms with Gasteiger partial charge in [0.1, 0.15) is 0 Å². The number of thioether (sulfide) groups is 1. The van der Waals surface area contributed by atoms with Gasteiger partial charge < -0.3 is 10.2 Å². The first-order valence-electron chi connectivity index (χ1n) is 7.41. The van der Waals surface area contributed by atoms with E-state index in [1.807, 2.05) is 0 Å². The Labute approximate surface area is 111 Å². The maximum absolute atomic E-state index is 3.74. The number of hydrogen-bond acceptors (Lipinski definition) is 3. The van der Waals surface area contributed by atoms with E-state index in [1.54, 1.807) is 0 Å². The Morgan fingerprint density at radius 3 is 2.76 bits per heavy atom. The Bertz CT molecular complexity index is 204. The summed E-state index contributed by atoms with van der Waals surface area (Å²) in [7, 11) is 0. The molecular weight excluding hydrogens is 228 g/mol. The van der Waals surface area contributed by atoms with Gasteiger partial charge in [-0.25, -0.2) is 0 Å². The van der Waals surface area contributed by atoms with Crippen molar-refractivity contribution in [2.75, 3.05) is 31.1 Å². The van der Waals surface area contributed by atoms with E-state index in [4.69, 9.17) is 0 Å². The quantitative estimate of drug-likeness (QED) is 0.762. The third-order valence-electron chi connectivity index (χ3n) is 4.22. The predicted octanol–water partition coefficient (Wildman–Crippen LogP) is 2.74. The van der Waals surface area contributed by atoms with E-state index < -0.39 is 0 Å². The highest BCUT2D eigenvalue weighted by Gasteiger charge is 2.17. The topological polar surface area (TPSA) is 15.3 Å². The predicted molar refractivity (Wildman–Crippen MR) is 77.9 cm³/mol. The Balaban J connectivity index is 1.53. The maximum Gasteiger partial charge on any atom is 0.00827 e. The van der Waals surface area contributed by atoms with Crippen LogP contribution >= 0.6 is 11.8 Å². The van der Waals surface area contributed by atoms with Crippen LogP contribution in [0.15, 0.2) is 0 Å². The summed E-state index contributed by atoms with van der Waals surface area (Å²) >= 11 is 2.11. The zero-order valence-electron chi connectivity index (χ0n) is 11.3. The van der Waals surface area contributed by atoms with Gasteiger partial charge in [0.25, 0.3) is 0 Å². The van der Waals surface area contributed by atoms with Crippen molar-refractivity contribution in [1.29, 1.82) is 0 Å². The summed E-state index contributed by atoms with van der Waals surface area (Å²) in [4.78, 5) is 2.68. The van der Waals surface area contributed by atoms with Crippen LogP contribution in [0.3, 0.4) is 0 Å². The van der Waals surface area contributed by atoms with E-state index in [9.17, 15) is 0 Å². The van der Waals surface area contributed by atoms with Gasteiger partial charge in [0.15, 0.2) is 0 Å². The molecule has 2 heterocycles. The molecule has 2 saturated heterocycles. The minimum Gasteiger partial charge on any atom is -0.314 e. The van der Waals surface area contributed by atoms with Gasteiger partial charge in [-0.05, 0) is 70.2 Å². The van der Waals surface area contributed by atoms with E-state index in [-0.39, 0.29) is 0 Å². The molecule has 0 amide bonds. The Morgan fingerprint density at radius 1 is 1.18 bits per heavy atom. The second kappa shape index (κ2) is 7.65. The normalized spacial score (nSPS) is 28.4. The zero-order valence-corrected chi connectivity index (χ0v) is 12.1. The lowest BCUT2D eigenvalue weighted by Crippen LogP contribution is -2.40. The van der Waals surface area contributed by atoms with E-state index in [0.717, 1.165) is 12.1 Å². The molecule has 1 N–H and O–H groups in total. The molecule has 0 saturated carbocycles. The Hall–Kier alpha value is 0.270. The van der Waals surface area contributed by atoms with Crippen LogP contribution in [0, 0.1) is 0 Å². The van der Waals surface area contributed by atoms with Crippen LogP contribution in [-0.2, 0) is 0 Å². The highest BCUT2D eigenvalue weighted by Crippen LogP contribution is 2.17. The van der Waals surface area contributed by atoms with Crippen LogP contribution in [0.2, 0.25) is 0 Å². The molecule has 3 heteroatoms. The van der Waals surface area contributed by atoms with Crippen molar-refractivity contribution >= 4 is 11.8 Å². The number of likely N-dealkylation sites (tertiary alicyclic amines) is 1. The number of rotatable bonds is 5. The molecule has 0 aromatic carbocycles. The highest BCUT2D eigenvalue weighted by atomic mass is 32.2. The molecule has 0 aromatic heterocycles.